The van der Waals surface area contributed by atoms with Crippen molar-refractivity contribution in [3.05, 3.63) is 32.9 Å². The van der Waals surface area contributed by atoms with Gasteiger partial charge in [0.1, 0.15) is 6.23 Å². The van der Waals surface area contributed by atoms with Crippen LogP contribution in [0, 0.1) is 5.82 Å². The number of ether oxygens (including phenoxy) is 1. The van der Waals surface area contributed by atoms with Crippen molar-refractivity contribution >= 4 is 0 Å². The zero-order valence-electron chi connectivity index (χ0n) is 10.4. The Morgan fingerprint density at radius 2 is 2.06 bits per heavy atom. The summed E-state index contributed by atoms with van der Waals surface area (Å²) in [5, 5.41) is 0. The molecule has 0 aliphatic carbocycles. The number of halogens is 1. The van der Waals surface area contributed by atoms with Gasteiger partial charge in [-0.1, -0.05) is 6.92 Å². The Morgan fingerprint density at radius 1 is 1.47 bits per heavy atom. The van der Waals surface area contributed by atoms with Crippen LogP contribution in [0.2, 0.25) is 0 Å². The van der Waals surface area contributed by atoms with Crippen molar-refractivity contribution in [3.8, 4) is 0 Å². The molecule has 96 valence electrons. The highest BCUT2D eigenvalue weighted by Crippen LogP contribution is 2.19. The molecule has 6 heteroatoms. The second-order valence-corrected chi connectivity index (χ2v) is 4.74. The van der Waals surface area contributed by atoms with Gasteiger partial charge >= 0.3 is 5.69 Å². The van der Waals surface area contributed by atoms with E-state index < -0.39 is 28.9 Å². The molecule has 5 nitrogen and oxygen atoms in total. The molecule has 0 aliphatic heterocycles. The SMILES string of the molecule is CCC(OC(C)(C)C)n1cc(F)c(=O)[nH]c1=O. The van der Waals surface area contributed by atoms with Crippen molar-refractivity contribution in [3.63, 3.8) is 0 Å². The van der Waals surface area contributed by atoms with E-state index in [1.807, 2.05) is 32.7 Å². The van der Waals surface area contributed by atoms with Gasteiger partial charge in [0.2, 0.25) is 5.82 Å². The van der Waals surface area contributed by atoms with Crippen molar-refractivity contribution in [2.45, 2.75) is 45.9 Å². The number of nitrogens with zero attached hydrogens (tertiary/aromatic N) is 1. The first-order valence-corrected chi connectivity index (χ1v) is 5.43. The molecule has 17 heavy (non-hydrogen) atoms. The van der Waals surface area contributed by atoms with E-state index in [0.717, 1.165) is 10.8 Å². The molecule has 0 saturated carbocycles. The predicted octanol–water partition coefficient (Wildman–Crippen LogP) is 1.40. The van der Waals surface area contributed by atoms with E-state index in [1.165, 1.54) is 0 Å². The van der Waals surface area contributed by atoms with Crippen molar-refractivity contribution in [2.24, 2.45) is 0 Å². The van der Waals surface area contributed by atoms with Crippen molar-refractivity contribution in [1.82, 2.24) is 9.55 Å². The third kappa shape index (κ3) is 3.52. The molecule has 0 bridgehead atoms. The fraction of sp³-hybridized carbons (Fsp3) is 0.636. The van der Waals surface area contributed by atoms with Gasteiger partial charge in [0.05, 0.1) is 11.8 Å². The first-order valence-electron chi connectivity index (χ1n) is 5.43. The average molecular weight is 244 g/mol. The minimum absolute atomic E-state index is 0.466. The van der Waals surface area contributed by atoms with Crippen LogP contribution in [0.3, 0.4) is 0 Å². The summed E-state index contributed by atoms with van der Waals surface area (Å²) in [5.41, 5.74) is -2.16. The molecule has 1 unspecified atom stereocenters. The first kappa shape index (κ1) is 13.6. The fourth-order valence-electron chi connectivity index (χ4n) is 1.42. The topological polar surface area (TPSA) is 64.1 Å². The molecule has 0 aliphatic rings. The van der Waals surface area contributed by atoms with E-state index in [9.17, 15) is 14.0 Å². The molecule has 0 fully saturated rings. The summed E-state index contributed by atoms with van der Waals surface area (Å²) in [6.45, 7) is 7.32. The lowest BCUT2D eigenvalue weighted by Gasteiger charge is -2.27. The van der Waals surface area contributed by atoms with Crippen LogP contribution in [0.4, 0.5) is 4.39 Å². The molecule has 1 atom stereocenters. The van der Waals surface area contributed by atoms with E-state index in [0.29, 0.717) is 6.42 Å². The van der Waals surface area contributed by atoms with E-state index in [2.05, 4.69) is 0 Å². The third-order valence-corrected chi connectivity index (χ3v) is 2.07. The van der Waals surface area contributed by atoms with Crippen LogP contribution in [0.5, 0.6) is 0 Å². The number of hydrogen-bond acceptors (Lipinski definition) is 3. The number of rotatable bonds is 3. The number of aromatic amines is 1. The van der Waals surface area contributed by atoms with E-state index >= 15 is 0 Å². The summed E-state index contributed by atoms with van der Waals surface area (Å²) in [6, 6.07) is 0. The van der Waals surface area contributed by atoms with E-state index in [4.69, 9.17) is 4.74 Å². The van der Waals surface area contributed by atoms with Gasteiger partial charge in [0.25, 0.3) is 5.56 Å². The number of nitrogens with one attached hydrogen (secondary N) is 1. The van der Waals surface area contributed by atoms with Gasteiger partial charge in [0.15, 0.2) is 0 Å². The Kier molecular flexibility index (Phi) is 3.87. The summed E-state index contributed by atoms with van der Waals surface area (Å²) in [7, 11) is 0. The van der Waals surface area contributed by atoms with Crippen molar-refractivity contribution in [2.75, 3.05) is 0 Å². The minimum Gasteiger partial charge on any atom is -0.352 e. The van der Waals surface area contributed by atoms with Gasteiger partial charge in [-0.3, -0.25) is 14.3 Å². The highest BCUT2D eigenvalue weighted by molar-refractivity contribution is 4.88. The van der Waals surface area contributed by atoms with Gasteiger partial charge in [0, 0.05) is 0 Å². The largest absolute Gasteiger partial charge is 0.352 e. The van der Waals surface area contributed by atoms with Crippen LogP contribution in [0.25, 0.3) is 0 Å². The standard InChI is InChI=1S/C11H17FN2O3/c1-5-8(17-11(2,3)4)14-6-7(12)9(15)13-10(14)16/h6,8H,5H2,1-4H3,(H,13,15,16). The van der Waals surface area contributed by atoms with E-state index in [1.54, 1.807) is 0 Å². The molecular weight excluding hydrogens is 227 g/mol. The summed E-state index contributed by atoms with van der Waals surface area (Å²) in [6.07, 6.45) is 0.762. The molecule has 1 aromatic heterocycles. The number of hydrogen-bond donors (Lipinski definition) is 1. The van der Waals surface area contributed by atoms with Crippen LogP contribution < -0.4 is 11.2 Å². The van der Waals surface area contributed by atoms with Crippen LogP contribution in [0.15, 0.2) is 15.8 Å². The Hall–Kier alpha value is -1.43. The highest BCUT2D eigenvalue weighted by atomic mass is 19.1. The maximum Gasteiger partial charge on any atom is 0.330 e. The summed E-state index contributed by atoms with van der Waals surface area (Å²) in [5.74, 6) is -0.999. The number of H-pyrrole nitrogens is 1. The van der Waals surface area contributed by atoms with E-state index in [-0.39, 0.29) is 0 Å². The normalized spacial score (nSPS) is 13.7. The molecule has 0 amide bonds. The second-order valence-electron chi connectivity index (χ2n) is 4.74. The highest BCUT2D eigenvalue weighted by Gasteiger charge is 2.20. The zero-order chi connectivity index (χ0) is 13.2. The smallest absolute Gasteiger partial charge is 0.330 e. The Bertz CT molecular complexity index is 499. The minimum atomic E-state index is -1.02. The maximum absolute atomic E-state index is 13.1. The Balaban J connectivity index is 3.17. The molecular formula is C11H17FN2O3. The summed E-state index contributed by atoms with van der Waals surface area (Å²) in [4.78, 5) is 24.3. The molecule has 1 rings (SSSR count). The van der Waals surface area contributed by atoms with Crippen LogP contribution >= 0.6 is 0 Å². The molecule has 0 spiro atoms. The molecule has 1 N–H and O–H groups in total. The molecule has 1 aromatic rings. The summed E-state index contributed by atoms with van der Waals surface area (Å²) < 4.78 is 19.8. The van der Waals surface area contributed by atoms with Gasteiger partial charge in [-0.05, 0) is 27.2 Å². The Morgan fingerprint density at radius 3 is 2.53 bits per heavy atom. The second kappa shape index (κ2) is 4.83. The number of aromatic nitrogens is 2. The molecule has 1 heterocycles. The third-order valence-electron chi connectivity index (χ3n) is 2.07. The van der Waals surface area contributed by atoms with Crippen molar-refractivity contribution < 1.29 is 9.13 Å². The lowest BCUT2D eigenvalue weighted by Crippen LogP contribution is -2.37. The lowest BCUT2D eigenvalue weighted by atomic mass is 10.2. The average Bonchev–Trinajstić information content (AvgIpc) is 2.19. The quantitative estimate of drug-likeness (QED) is 0.874. The fourth-order valence-corrected chi connectivity index (χ4v) is 1.42. The predicted molar refractivity (Wildman–Crippen MR) is 61.4 cm³/mol. The van der Waals surface area contributed by atoms with Crippen LogP contribution in [0.1, 0.15) is 40.3 Å². The van der Waals surface area contributed by atoms with Gasteiger partial charge in [-0.2, -0.15) is 4.39 Å². The van der Waals surface area contributed by atoms with Gasteiger partial charge in [-0.25, -0.2) is 4.79 Å². The first-order chi connectivity index (χ1) is 7.74. The molecule has 0 saturated heterocycles. The summed E-state index contributed by atoms with van der Waals surface area (Å²) >= 11 is 0. The monoisotopic (exact) mass is 244 g/mol. The zero-order valence-corrected chi connectivity index (χ0v) is 10.4. The van der Waals surface area contributed by atoms with Gasteiger partial charge in [-0.15, -0.1) is 0 Å². The Labute approximate surface area is 98.2 Å². The lowest BCUT2D eigenvalue weighted by molar-refractivity contribution is -0.100. The maximum atomic E-state index is 13.1. The van der Waals surface area contributed by atoms with Gasteiger partial charge < -0.3 is 4.74 Å². The van der Waals surface area contributed by atoms with Crippen LogP contribution in [-0.2, 0) is 4.74 Å². The molecule has 0 radical (unpaired) electrons. The van der Waals surface area contributed by atoms with Crippen molar-refractivity contribution in [1.29, 1.82) is 0 Å². The molecule has 0 aromatic carbocycles. The van der Waals surface area contributed by atoms with Crippen LogP contribution in [-0.4, -0.2) is 15.2 Å².